The summed E-state index contributed by atoms with van der Waals surface area (Å²) in [5.41, 5.74) is 1.84. The van der Waals surface area contributed by atoms with Gasteiger partial charge in [0.25, 0.3) is 0 Å². The summed E-state index contributed by atoms with van der Waals surface area (Å²) in [6, 6.07) is 19.2. The third kappa shape index (κ3) is 3.04. The van der Waals surface area contributed by atoms with Crippen LogP contribution in [0.2, 0.25) is 0 Å². The van der Waals surface area contributed by atoms with Gasteiger partial charge < -0.3 is 5.48 Å². The van der Waals surface area contributed by atoms with E-state index in [1.54, 1.807) is 0 Å². The Bertz CT molecular complexity index is 435. The summed E-state index contributed by atoms with van der Waals surface area (Å²) >= 11 is 0. The summed E-state index contributed by atoms with van der Waals surface area (Å²) < 4.78 is 0. The maximum Gasteiger partial charge on any atom is 0.167 e. The number of hydrogen-bond donors (Lipinski definition) is 0. The number of carbonyl (C=O) groups excluding carboxylic acids is 1. The lowest BCUT2D eigenvalue weighted by Gasteiger charge is -2.00. The number of Topliss-reactive ketones (excluding diaryl/α,β-unsaturated/α-hetero) is 1. The molecule has 2 heteroatoms. The Kier molecular flexibility index (Phi) is 4.42. The van der Waals surface area contributed by atoms with Gasteiger partial charge in [0.1, 0.15) is 0 Å². The van der Waals surface area contributed by atoms with Crippen molar-refractivity contribution in [1.82, 2.24) is 0 Å². The molecule has 2 rings (SSSR count). The first-order valence-corrected chi connectivity index (χ1v) is 4.98. The van der Waals surface area contributed by atoms with Crippen LogP contribution in [-0.2, 0) is 6.42 Å². The Morgan fingerprint density at radius 1 is 0.812 bits per heavy atom. The molecule has 82 valence electrons. The Hall–Kier alpha value is -1.93. The van der Waals surface area contributed by atoms with Crippen molar-refractivity contribution in [2.24, 2.45) is 0 Å². The van der Waals surface area contributed by atoms with Gasteiger partial charge in [-0.1, -0.05) is 60.7 Å². The zero-order valence-electron chi connectivity index (χ0n) is 8.89. The highest BCUT2D eigenvalue weighted by Gasteiger charge is 2.05. The van der Waals surface area contributed by atoms with Crippen LogP contribution in [0.1, 0.15) is 15.9 Å². The minimum atomic E-state index is 0. The summed E-state index contributed by atoms with van der Waals surface area (Å²) in [6.07, 6.45) is 0.477. The van der Waals surface area contributed by atoms with Gasteiger partial charge in [-0.2, -0.15) is 0 Å². The largest absolute Gasteiger partial charge is 0.412 e. The zero-order valence-corrected chi connectivity index (χ0v) is 8.89. The molecule has 0 bridgehead atoms. The van der Waals surface area contributed by atoms with Crippen molar-refractivity contribution in [2.45, 2.75) is 6.42 Å². The molecule has 0 saturated carbocycles. The molecule has 0 amide bonds. The van der Waals surface area contributed by atoms with Crippen LogP contribution in [0.3, 0.4) is 0 Å². The Labute approximate surface area is 94.9 Å². The molecule has 0 aliphatic carbocycles. The van der Waals surface area contributed by atoms with Gasteiger partial charge in [-0.15, -0.1) is 0 Å². The molecule has 2 aromatic carbocycles. The van der Waals surface area contributed by atoms with Crippen LogP contribution in [0, 0.1) is 0 Å². The van der Waals surface area contributed by atoms with Crippen molar-refractivity contribution >= 4 is 5.78 Å². The fourth-order valence-electron chi connectivity index (χ4n) is 1.51. The second-order valence-corrected chi connectivity index (χ2v) is 3.45. The maximum absolute atomic E-state index is 11.8. The molecule has 0 heterocycles. The highest BCUT2D eigenvalue weighted by atomic mass is 16.1. The highest BCUT2D eigenvalue weighted by Crippen LogP contribution is 2.06. The zero-order chi connectivity index (χ0) is 10.5. The van der Waals surface area contributed by atoms with Crippen LogP contribution in [-0.4, -0.2) is 11.3 Å². The summed E-state index contributed by atoms with van der Waals surface area (Å²) in [5, 5.41) is 0. The fourth-order valence-corrected chi connectivity index (χ4v) is 1.51. The molecular weight excluding hydrogens is 200 g/mol. The second kappa shape index (κ2) is 5.83. The van der Waals surface area contributed by atoms with E-state index in [4.69, 9.17) is 0 Å². The monoisotopic (exact) mass is 214 g/mol. The van der Waals surface area contributed by atoms with E-state index in [-0.39, 0.29) is 11.3 Å². The molecule has 0 atom stereocenters. The standard InChI is InChI=1S/C14H12O.H2O/c15-14(13-9-5-2-6-10-13)11-12-7-3-1-4-8-12;/h1-10H,11H2;1H2. The van der Waals surface area contributed by atoms with E-state index < -0.39 is 0 Å². The molecule has 0 saturated heterocycles. The molecule has 2 N–H and O–H groups in total. The molecule has 0 fully saturated rings. The fraction of sp³-hybridized carbons (Fsp3) is 0.0714. The van der Waals surface area contributed by atoms with Gasteiger partial charge in [-0.25, -0.2) is 0 Å². The van der Waals surface area contributed by atoms with Gasteiger partial charge in [0.05, 0.1) is 0 Å². The van der Waals surface area contributed by atoms with Crippen molar-refractivity contribution < 1.29 is 10.3 Å². The van der Waals surface area contributed by atoms with Gasteiger partial charge in [0, 0.05) is 12.0 Å². The van der Waals surface area contributed by atoms with Crippen LogP contribution in [0.4, 0.5) is 0 Å². The van der Waals surface area contributed by atoms with E-state index in [1.807, 2.05) is 60.7 Å². The van der Waals surface area contributed by atoms with Crippen molar-refractivity contribution in [3.05, 3.63) is 71.8 Å². The van der Waals surface area contributed by atoms with E-state index >= 15 is 0 Å². The number of hydrogen-bond acceptors (Lipinski definition) is 1. The Morgan fingerprint density at radius 3 is 1.88 bits per heavy atom. The molecule has 0 unspecified atom stereocenters. The predicted octanol–water partition coefficient (Wildman–Crippen LogP) is 2.29. The normalized spacial score (nSPS) is 9.25. The first kappa shape index (κ1) is 12.1. The average Bonchev–Trinajstić information content (AvgIpc) is 2.31. The Morgan fingerprint density at radius 2 is 1.31 bits per heavy atom. The number of carbonyl (C=O) groups is 1. The number of rotatable bonds is 3. The second-order valence-electron chi connectivity index (χ2n) is 3.45. The molecule has 0 spiro atoms. The lowest BCUT2D eigenvalue weighted by atomic mass is 10.0. The average molecular weight is 214 g/mol. The minimum absolute atomic E-state index is 0. The van der Waals surface area contributed by atoms with E-state index in [9.17, 15) is 4.79 Å². The van der Waals surface area contributed by atoms with Crippen LogP contribution in [0.15, 0.2) is 60.7 Å². The summed E-state index contributed by atoms with van der Waals surface area (Å²) in [7, 11) is 0. The molecule has 2 aromatic rings. The molecule has 16 heavy (non-hydrogen) atoms. The summed E-state index contributed by atoms with van der Waals surface area (Å²) in [5.74, 6) is 0.168. The van der Waals surface area contributed by atoms with Gasteiger partial charge >= 0.3 is 0 Å². The van der Waals surface area contributed by atoms with Crippen LogP contribution in [0.5, 0.6) is 0 Å². The molecule has 0 aliphatic rings. The van der Waals surface area contributed by atoms with Gasteiger partial charge in [-0.05, 0) is 5.56 Å². The van der Waals surface area contributed by atoms with Crippen molar-refractivity contribution in [2.75, 3.05) is 0 Å². The quantitative estimate of drug-likeness (QED) is 0.723. The van der Waals surface area contributed by atoms with E-state index in [2.05, 4.69) is 0 Å². The molecular formula is C14H14O2. The summed E-state index contributed by atoms with van der Waals surface area (Å²) in [4.78, 5) is 11.8. The third-order valence-electron chi connectivity index (χ3n) is 2.30. The molecule has 0 aliphatic heterocycles. The van der Waals surface area contributed by atoms with Gasteiger partial charge in [0.2, 0.25) is 0 Å². The smallest absolute Gasteiger partial charge is 0.167 e. The maximum atomic E-state index is 11.8. The van der Waals surface area contributed by atoms with E-state index in [0.717, 1.165) is 11.1 Å². The van der Waals surface area contributed by atoms with E-state index in [0.29, 0.717) is 6.42 Å². The topological polar surface area (TPSA) is 48.6 Å². The van der Waals surface area contributed by atoms with Crippen LogP contribution < -0.4 is 0 Å². The minimum Gasteiger partial charge on any atom is -0.412 e. The van der Waals surface area contributed by atoms with Crippen molar-refractivity contribution in [1.29, 1.82) is 0 Å². The lowest BCUT2D eigenvalue weighted by molar-refractivity contribution is 0.0993. The molecule has 0 radical (unpaired) electrons. The first-order valence-electron chi connectivity index (χ1n) is 4.98. The van der Waals surface area contributed by atoms with Gasteiger partial charge in [-0.3, -0.25) is 4.79 Å². The SMILES string of the molecule is O.O=C(Cc1ccccc1)c1ccccc1. The lowest BCUT2D eigenvalue weighted by Crippen LogP contribution is -2.02. The molecule has 2 nitrogen and oxygen atoms in total. The first-order chi connectivity index (χ1) is 7.36. The third-order valence-corrected chi connectivity index (χ3v) is 2.30. The summed E-state index contributed by atoms with van der Waals surface area (Å²) in [6.45, 7) is 0. The van der Waals surface area contributed by atoms with Crippen LogP contribution >= 0.6 is 0 Å². The van der Waals surface area contributed by atoms with Gasteiger partial charge in [0.15, 0.2) is 5.78 Å². The predicted molar refractivity (Wildman–Crippen MR) is 64.5 cm³/mol. The van der Waals surface area contributed by atoms with Crippen LogP contribution in [0.25, 0.3) is 0 Å². The highest BCUT2D eigenvalue weighted by molar-refractivity contribution is 5.97. The Balaban J connectivity index is 0.00000128. The number of benzene rings is 2. The van der Waals surface area contributed by atoms with E-state index in [1.165, 1.54) is 0 Å². The molecule has 0 aromatic heterocycles. The van der Waals surface area contributed by atoms with Crippen molar-refractivity contribution in [3.8, 4) is 0 Å². The number of ketones is 1. The van der Waals surface area contributed by atoms with Crippen molar-refractivity contribution in [3.63, 3.8) is 0 Å².